The molecule has 0 aliphatic rings. The lowest BCUT2D eigenvalue weighted by Crippen LogP contribution is -2.00. The normalized spacial score (nSPS) is 11.2. The molecule has 6 aromatic carbocycles. The Labute approximate surface area is 248 Å². The lowest BCUT2D eigenvalue weighted by Gasteiger charge is -2.12. The van der Waals surface area contributed by atoms with Crippen LogP contribution < -0.4 is 0 Å². The van der Waals surface area contributed by atoms with Crippen LogP contribution >= 0.6 is 0 Å². The number of nitriles is 1. The fraction of sp³-hybridized carbons (Fsp3) is 0. The molecule has 0 bridgehead atoms. The fourth-order valence-electron chi connectivity index (χ4n) is 5.83. The third-order valence-electron chi connectivity index (χ3n) is 7.86. The minimum Gasteiger partial charge on any atom is -0.309 e. The van der Waals surface area contributed by atoms with Gasteiger partial charge in [-0.25, -0.2) is 15.0 Å². The Hall–Kier alpha value is -6.12. The third kappa shape index (κ3) is 4.21. The molecule has 2 aromatic heterocycles. The van der Waals surface area contributed by atoms with E-state index in [-0.39, 0.29) is 0 Å². The molecule has 0 fully saturated rings. The van der Waals surface area contributed by atoms with Crippen molar-refractivity contribution in [2.45, 2.75) is 0 Å². The lowest BCUT2D eigenvalue weighted by atomic mass is 10.1. The topological polar surface area (TPSA) is 67.4 Å². The van der Waals surface area contributed by atoms with Crippen LogP contribution in [0.3, 0.4) is 0 Å². The maximum atomic E-state index is 9.76. The second-order valence-corrected chi connectivity index (χ2v) is 10.4. The van der Waals surface area contributed by atoms with Crippen molar-refractivity contribution in [3.63, 3.8) is 0 Å². The average molecular weight is 550 g/mol. The average Bonchev–Trinajstić information content (AvgIpc) is 3.41. The van der Waals surface area contributed by atoms with Crippen LogP contribution in [0.5, 0.6) is 0 Å². The number of aromatic nitrogens is 4. The molecule has 200 valence electrons. The summed E-state index contributed by atoms with van der Waals surface area (Å²) in [6, 6.07) is 49.3. The summed E-state index contributed by atoms with van der Waals surface area (Å²) in [5.74, 6) is 1.83. The zero-order valence-electron chi connectivity index (χ0n) is 23.0. The van der Waals surface area contributed by atoms with Crippen LogP contribution in [0, 0.1) is 11.3 Å². The maximum absolute atomic E-state index is 9.76. The number of fused-ring (bicyclic) bond motifs is 4. The Morgan fingerprint density at radius 2 is 1.02 bits per heavy atom. The van der Waals surface area contributed by atoms with Crippen LogP contribution in [0.15, 0.2) is 140 Å². The van der Waals surface area contributed by atoms with Crippen LogP contribution in [0.4, 0.5) is 0 Å². The quantitative estimate of drug-likeness (QED) is 0.220. The van der Waals surface area contributed by atoms with Crippen LogP contribution in [-0.2, 0) is 0 Å². The number of nitrogens with zero attached hydrogens (tertiary/aromatic N) is 5. The molecule has 8 rings (SSSR count). The molecule has 0 saturated carbocycles. The Kier molecular flexibility index (Phi) is 5.77. The Bertz CT molecular complexity index is 2290. The van der Waals surface area contributed by atoms with Gasteiger partial charge in [0, 0.05) is 32.8 Å². The number of hydrogen-bond donors (Lipinski definition) is 0. The molecule has 5 nitrogen and oxygen atoms in total. The molecule has 5 heteroatoms. The van der Waals surface area contributed by atoms with Gasteiger partial charge in [-0.2, -0.15) is 5.26 Å². The molecule has 43 heavy (non-hydrogen) atoms. The molecule has 2 heterocycles. The van der Waals surface area contributed by atoms with Gasteiger partial charge in [0.25, 0.3) is 0 Å². The van der Waals surface area contributed by atoms with Gasteiger partial charge in [0.15, 0.2) is 17.5 Å². The van der Waals surface area contributed by atoms with Crippen molar-refractivity contribution in [2.24, 2.45) is 0 Å². The van der Waals surface area contributed by atoms with E-state index in [1.54, 1.807) is 0 Å². The minimum atomic E-state index is 0.595. The van der Waals surface area contributed by atoms with Gasteiger partial charge in [0.2, 0.25) is 0 Å². The predicted molar refractivity (Wildman–Crippen MR) is 173 cm³/mol. The van der Waals surface area contributed by atoms with Crippen molar-refractivity contribution in [2.75, 3.05) is 0 Å². The molecule has 8 aromatic rings. The molecule has 0 amide bonds. The first-order chi connectivity index (χ1) is 21.3. The molecule has 0 N–H and O–H groups in total. The van der Waals surface area contributed by atoms with E-state index in [0.717, 1.165) is 49.6 Å². The van der Waals surface area contributed by atoms with Crippen molar-refractivity contribution in [1.29, 1.82) is 5.26 Å². The highest BCUT2D eigenvalue weighted by Crippen LogP contribution is 2.37. The van der Waals surface area contributed by atoms with Crippen LogP contribution in [0.1, 0.15) is 5.56 Å². The smallest absolute Gasteiger partial charge is 0.164 e. The monoisotopic (exact) mass is 549 g/mol. The second-order valence-electron chi connectivity index (χ2n) is 10.4. The summed E-state index contributed by atoms with van der Waals surface area (Å²) >= 11 is 0. The van der Waals surface area contributed by atoms with Gasteiger partial charge in [0.05, 0.1) is 28.4 Å². The molecule has 0 atom stereocenters. The van der Waals surface area contributed by atoms with E-state index in [9.17, 15) is 5.26 Å². The summed E-state index contributed by atoms with van der Waals surface area (Å²) < 4.78 is 2.29. The third-order valence-corrected chi connectivity index (χ3v) is 7.86. The number of hydrogen-bond acceptors (Lipinski definition) is 4. The van der Waals surface area contributed by atoms with Crippen LogP contribution in [0.2, 0.25) is 0 Å². The van der Waals surface area contributed by atoms with Gasteiger partial charge >= 0.3 is 0 Å². The van der Waals surface area contributed by atoms with E-state index in [1.165, 1.54) is 5.39 Å². The summed E-state index contributed by atoms with van der Waals surface area (Å²) in [5.41, 5.74) is 6.52. The molecule has 0 radical (unpaired) electrons. The summed E-state index contributed by atoms with van der Waals surface area (Å²) in [4.78, 5) is 14.7. The maximum Gasteiger partial charge on any atom is 0.164 e. The van der Waals surface area contributed by atoms with E-state index < -0.39 is 0 Å². The summed E-state index contributed by atoms with van der Waals surface area (Å²) in [6.45, 7) is 0. The van der Waals surface area contributed by atoms with Crippen LogP contribution in [-0.4, -0.2) is 19.5 Å². The minimum absolute atomic E-state index is 0.595. The van der Waals surface area contributed by atoms with E-state index in [0.29, 0.717) is 23.0 Å². The van der Waals surface area contributed by atoms with E-state index >= 15 is 0 Å². The summed E-state index contributed by atoms with van der Waals surface area (Å²) in [7, 11) is 0. The van der Waals surface area contributed by atoms with Crippen molar-refractivity contribution >= 4 is 32.6 Å². The Morgan fingerprint density at radius 3 is 1.70 bits per heavy atom. The van der Waals surface area contributed by atoms with Crippen molar-refractivity contribution in [3.05, 3.63) is 145 Å². The van der Waals surface area contributed by atoms with Gasteiger partial charge < -0.3 is 4.57 Å². The fourth-order valence-corrected chi connectivity index (χ4v) is 5.83. The van der Waals surface area contributed by atoms with E-state index in [4.69, 9.17) is 15.0 Å². The first kappa shape index (κ1) is 24.7. The molecular formula is C38H23N5. The number of benzene rings is 6. The van der Waals surface area contributed by atoms with Gasteiger partial charge in [-0.15, -0.1) is 0 Å². The first-order valence-corrected chi connectivity index (χ1v) is 14.1. The van der Waals surface area contributed by atoms with Crippen molar-refractivity contribution in [3.8, 4) is 45.9 Å². The molecule has 0 aliphatic carbocycles. The molecule has 0 aliphatic heterocycles. The highest BCUT2D eigenvalue weighted by molar-refractivity contribution is 6.12. The Morgan fingerprint density at radius 1 is 0.465 bits per heavy atom. The van der Waals surface area contributed by atoms with Gasteiger partial charge in [-0.05, 0) is 47.9 Å². The van der Waals surface area contributed by atoms with Gasteiger partial charge in [-0.1, -0.05) is 97.1 Å². The standard InChI is InChI=1S/C38H23N5/c39-24-25-18-20-34-31(22-25)32-23-29(19-21-35(32)43(34)33-17-9-15-26-10-7-8-16-30(26)33)38-41-36(27-11-3-1-4-12-27)40-37(42-38)28-13-5-2-6-14-28/h1-23H. The van der Waals surface area contributed by atoms with Crippen molar-refractivity contribution < 1.29 is 0 Å². The zero-order chi connectivity index (χ0) is 28.8. The van der Waals surface area contributed by atoms with Gasteiger partial charge in [-0.3, -0.25) is 0 Å². The molecule has 0 saturated heterocycles. The zero-order valence-corrected chi connectivity index (χ0v) is 23.0. The largest absolute Gasteiger partial charge is 0.309 e. The summed E-state index contributed by atoms with van der Waals surface area (Å²) in [6.07, 6.45) is 0. The van der Waals surface area contributed by atoms with Crippen molar-refractivity contribution in [1.82, 2.24) is 19.5 Å². The van der Waals surface area contributed by atoms with E-state index in [1.807, 2.05) is 78.9 Å². The van der Waals surface area contributed by atoms with Gasteiger partial charge in [0.1, 0.15) is 0 Å². The van der Waals surface area contributed by atoms with E-state index in [2.05, 4.69) is 71.3 Å². The van der Waals surface area contributed by atoms with Crippen LogP contribution in [0.25, 0.3) is 72.4 Å². The SMILES string of the molecule is N#Cc1ccc2c(c1)c1cc(-c3nc(-c4ccccc4)nc(-c4ccccc4)n3)ccc1n2-c1cccc2ccccc12. The molecule has 0 unspecified atom stereocenters. The molecular weight excluding hydrogens is 526 g/mol. The first-order valence-electron chi connectivity index (χ1n) is 14.1. The Balaban J connectivity index is 1.40. The highest BCUT2D eigenvalue weighted by atomic mass is 15.0. The second kappa shape index (κ2) is 10.1. The molecule has 0 spiro atoms. The lowest BCUT2D eigenvalue weighted by molar-refractivity contribution is 1.07. The predicted octanol–water partition coefficient (Wildman–Crippen LogP) is 8.99. The highest BCUT2D eigenvalue weighted by Gasteiger charge is 2.18. The number of rotatable bonds is 4. The summed E-state index contributed by atoms with van der Waals surface area (Å²) in [5, 5.41) is 14.1.